The molecule has 2 heterocycles. The van der Waals surface area contributed by atoms with E-state index in [4.69, 9.17) is 0 Å². The van der Waals surface area contributed by atoms with E-state index in [1.807, 2.05) is 30.3 Å². The number of aromatic hydroxyl groups is 1. The van der Waals surface area contributed by atoms with Crippen molar-refractivity contribution in [2.45, 2.75) is 32.7 Å². The fourth-order valence-corrected chi connectivity index (χ4v) is 5.60. The second-order valence-corrected chi connectivity index (χ2v) is 9.31. The third-order valence-electron chi connectivity index (χ3n) is 5.93. The molecule has 0 spiro atoms. The molecule has 1 aliphatic carbocycles. The predicted molar refractivity (Wildman–Crippen MR) is 126 cm³/mol. The lowest BCUT2D eigenvalue weighted by molar-refractivity contribution is -0.121. The minimum Gasteiger partial charge on any atom is -0.507 e. The first kappa shape index (κ1) is 20.4. The number of phenols is 1. The van der Waals surface area contributed by atoms with E-state index >= 15 is 0 Å². The monoisotopic (exact) mass is 446 g/mol. The molecule has 0 radical (unpaired) electrons. The highest BCUT2D eigenvalue weighted by atomic mass is 32.1. The molecule has 2 aromatic heterocycles. The van der Waals surface area contributed by atoms with Gasteiger partial charge in [-0.2, -0.15) is 5.10 Å². The molecule has 0 fully saturated rings. The molecule has 1 aliphatic rings. The summed E-state index contributed by atoms with van der Waals surface area (Å²) >= 11 is 1.59. The lowest BCUT2D eigenvalue weighted by Gasteiger charge is -2.17. The first-order chi connectivity index (χ1) is 15.5. The largest absolute Gasteiger partial charge is 0.507 e. The van der Waals surface area contributed by atoms with Gasteiger partial charge in [0.25, 0.3) is 11.5 Å². The molecule has 32 heavy (non-hydrogen) atoms. The molecule has 0 unspecified atom stereocenters. The Labute approximate surface area is 188 Å². The van der Waals surface area contributed by atoms with Crippen molar-refractivity contribution in [3.05, 3.63) is 69.1 Å². The number of nitrogens with one attached hydrogen (secondary N) is 1. The van der Waals surface area contributed by atoms with Gasteiger partial charge in [0.15, 0.2) is 0 Å². The summed E-state index contributed by atoms with van der Waals surface area (Å²) in [6.45, 7) is 2.05. The third-order valence-corrected chi connectivity index (χ3v) is 7.09. The Morgan fingerprint density at radius 3 is 3.06 bits per heavy atom. The van der Waals surface area contributed by atoms with E-state index in [1.165, 1.54) is 22.0 Å². The quantitative estimate of drug-likeness (QED) is 0.370. The number of benzene rings is 2. The van der Waals surface area contributed by atoms with E-state index in [1.54, 1.807) is 17.4 Å². The van der Waals surface area contributed by atoms with Gasteiger partial charge in [-0.3, -0.25) is 14.2 Å². The van der Waals surface area contributed by atoms with Gasteiger partial charge in [-0.15, -0.1) is 11.3 Å². The fourth-order valence-electron chi connectivity index (χ4n) is 4.26. The summed E-state index contributed by atoms with van der Waals surface area (Å²) < 4.78 is 1.33. The molecule has 1 amide bonds. The van der Waals surface area contributed by atoms with Crippen molar-refractivity contribution in [1.82, 2.24) is 15.0 Å². The molecule has 0 aliphatic heterocycles. The van der Waals surface area contributed by atoms with E-state index in [2.05, 4.69) is 22.4 Å². The van der Waals surface area contributed by atoms with Gasteiger partial charge in [0.1, 0.15) is 17.1 Å². The molecule has 2 N–H and O–H groups in total. The number of hydrogen-bond donors (Lipinski definition) is 2. The van der Waals surface area contributed by atoms with Crippen molar-refractivity contribution in [2.75, 3.05) is 0 Å². The van der Waals surface area contributed by atoms with Crippen LogP contribution in [-0.2, 0) is 24.2 Å². The van der Waals surface area contributed by atoms with Crippen molar-refractivity contribution < 1.29 is 9.90 Å². The van der Waals surface area contributed by atoms with Crippen LogP contribution in [0.4, 0.5) is 0 Å². The number of amides is 1. The summed E-state index contributed by atoms with van der Waals surface area (Å²) in [6, 6.07) is 11.0. The van der Waals surface area contributed by atoms with Gasteiger partial charge in [0.2, 0.25) is 0 Å². The van der Waals surface area contributed by atoms with Gasteiger partial charge in [-0.25, -0.2) is 10.4 Å². The van der Waals surface area contributed by atoms with Crippen molar-refractivity contribution in [2.24, 2.45) is 11.0 Å². The zero-order valence-electron chi connectivity index (χ0n) is 17.5. The second-order valence-electron chi connectivity index (χ2n) is 8.22. The normalized spacial score (nSPS) is 16.0. The van der Waals surface area contributed by atoms with Gasteiger partial charge in [0, 0.05) is 10.4 Å². The summed E-state index contributed by atoms with van der Waals surface area (Å²) in [5, 5.41) is 16.6. The summed E-state index contributed by atoms with van der Waals surface area (Å²) in [4.78, 5) is 31.9. The van der Waals surface area contributed by atoms with Crippen LogP contribution in [0.2, 0.25) is 0 Å². The number of thiophene rings is 1. The standard InChI is InChI=1S/C24H22N4O3S/c1-14-6-8-17-20(10-14)32-23-22(17)24(31)28(13-25-23)12-21(30)27-26-11-18-16-5-3-2-4-15(16)7-9-19(18)29/h2-5,7,9,11,13-14,29H,6,8,10,12H2,1H3,(H,27,30)/b26-11-/t14-/m0/s1. The average Bonchev–Trinajstić information content (AvgIpc) is 3.15. The van der Waals surface area contributed by atoms with Crippen molar-refractivity contribution in [1.29, 1.82) is 0 Å². The first-order valence-electron chi connectivity index (χ1n) is 10.5. The number of hydrogen-bond acceptors (Lipinski definition) is 6. The maximum atomic E-state index is 13.0. The molecular weight excluding hydrogens is 424 g/mol. The van der Waals surface area contributed by atoms with E-state index < -0.39 is 5.91 Å². The van der Waals surface area contributed by atoms with Gasteiger partial charge in [-0.05, 0) is 47.6 Å². The van der Waals surface area contributed by atoms with Crippen LogP contribution in [0.15, 0.2) is 52.6 Å². The third kappa shape index (κ3) is 3.67. The second kappa shape index (κ2) is 8.20. The number of fused-ring (bicyclic) bond motifs is 4. The fraction of sp³-hybridized carbons (Fsp3) is 0.250. The number of nitrogens with zero attached hydrogens (tertiary/aromatic N) is 3. The Kier molecular flexibility index (Phi) is 5.22. The van der Waals surface area contributed by atoms with E-state index in [-0.39, 0.29) is 17.9 Å². The Bertz CT molecular complexity index is 1440. The molecule has 0 saturated carbocycles. The smallest absolute Gasteiger partial charge is 0.262 e. The van der Waals surface area contributed by atoms with Crippen molar-refractivity contribution in [3.8, 4) is 5.75 Å². The number of hydrazone groups is 1. The van der Waals surface area contributed by atoms with Gasteiger partial charge in [0.05, 0.1) is 17.9 Å². The molecule has 162 valence electrons. The summed E-state index contributed by atoms with van der Waals surface area (Å²) in [5.41, 5.74) is 3.87. The lowest BCUT2D eigenvalue weighted by atomic mass is 9.89. The van der Waals surface area contributed by atoms with Gasteiger partial charge >= 0.3 is 0 Å². The number of phenolic OH excluding ortho intramolecular Hbond substituents is 1. The Balaban J connectivity index is 1.36. The molecular formula is C24H22N4O3S. The van der Waals surface area contributed by atoms with Crippen LogP contribution in [0.25, 0.3) is 21.0 Å². The number of rotatable bonds is 4. The molecule has 4 aromatic rings. The molecule has 0 bridgehead atoms. The lowest BCUT2D eigenvalue weighted by Crippen LogP contribution is -2.30. The van der Waals surface area contributed by atoms with Gasteiger partial charge in [-0.1, -0.05) is 37.3 Å². The molecule has 2 aromatic carbocycles. The highest BCUT2D eigenvalue weighted by molar-refractivity contribution is 7.18. The first-order valence-corrected chi connectivity index (χ1v) is 11.3. The number of carbonyl (C=O) groups excluding carboxylic acids is 1. The van der Waals surface area contributed by atoms with Crippen LogP contribution in [0.5, 0.6) is 5.75 Å². The van der Waals surface area contributed by atoms with Crippen LogP contribution < -0.4 is 11.0 Å². The van der Waals surface area contributed by atoms with Crippen molar-refractivity contribution in [3.63, 3.8) is 0 Å². The van der Waals surface area contributed by atoms with Crippen LogP contribution in [0.1, 0.15) is 29.3 Å². The zero-order valence-corrected chi connectivity index (χ0v) is 18.4. The van der Waals surface area contributed by atoms with E-state index in [0.717, 1.165) is 40.4 Å². The predicted octanol–water partition coefficient (Wildman–Crippen LogP) is 3.59. The van der Waals surface area contributed by atoms with Crippen LogP contribution in [0.3, 0.4) is 0 Å². The molecule has 8 heteroatoms. The van der Waals surface area contributed by atoms with E-state index in [9.17, 15) is 14.7 Å². The molecule has 5 rings (SSSR count). The Morgan fingerprint density at radius 2 is 2.19 bits per heavy atom. The maximum Gasteiger partial charge on any atom is 0.262 e. The van der Waals surface area contributed by atoms with Crippen LogP contribution in [-0.4, -0.2) is 26.8 Å². The number of aryl methyl sites for hydroxylation is 1. The topological polar surface area (TPSA) is 96.6 Å². The maximum absolute atomic E-state index is 13.0. The molecule has 0 saturated heterocycles. The van der Waals surface area contributed by atoms with Crippen molar-refractivity contribution >= 4 is 44.4 Å². The minimum atomic E-state index is -0.443. The SMILES string of the molecule is C[C@H]1CCc2c(sc3ncn(CC(=O)N/N=C\c4c(O)ccc5ccccc45)c(=O)c23)C1. The molecule has 1 atom stereocenters. The van der Waals surface area contributed by atoms with Crippen LogP contribution in [0, 0.1) is 5.92 Å². The Morgan fingerprint density at radius 1 is 1.34 bits per heavy atom. The van der Waals surface area contributed by atoms with E-state index in [0.29, 0.717) is 16.9 Å². The average molecular weight is 447 g/mol. The van der Waals surface area contributed by atoms with Crippen LogP contribution >= 0.6 is 11.3 Å². The number of aromatic nitrogens is 2. The Hall–Kier alpha value is -3.52. The highest BCUT2D eigenvalue weighted by Crippen LogP contribution is 2.35. The summed E-state index contributed by atoms with van der Waals surface area (Å²) in [5.74, 6) is 0.244. The highest BCUT2D eigenvalue weighted by Gasteiger charge is 2.23. The number of carbonyl (C=O) groups is 1. The van der Waals surface area contributed by atoms with Gasteiger partial charge < -0.3 is 5.11 Å². The molecule has 7 nitrogen and oxygen atoms in total. The minimum absolute atomic E-state index is 0.0733. The zero-order chi connectivity index (χ0) is 22.2. The summed E-state index contributed by atoms with van der Waals surface area (Å²) in [6.07, 6.45) is 5.75. The summed E-state index contributed by atoms with van der Waals surface area (Å²) in [7, 11) is 0.